The Hall–Kier alpha value is -4.76. The van der Waals surface area contributed by atoms with Gasteiger partial charge in [-0.25, -0.2) is 14.6 Å². The van der Waals surface area contributed by atoms with Crippen LogP contribution in [0.4, 0.5) is 0 Å². The Morgan fingerprint density at radius 2 is 1.61 bits per heavy atom. The van der Waals surface area contributed by atoms with E-state index in [1.807, 2.05) is 54.6 Å². The zero-order valence-electron chi connectivity index (χ0n) is 25.1. The van der Waals surface area contributed by atoms with Gasteiger partial charge >= 0.3 is 11.9 Å². The molecule has 1 aliphatic heterocycles. The van der Waals surface area contributed by atoms with Crippen molar-refractivity contribution >= 4 is 35.0 Å². The third kappa shape index (κ3) is 6.58. The van der Waals surface area contributed by atoms with E-state index in [1.165, 1.54) is 11.3 Å². The van der Waals surface area contributed by atoms with E-state index >= 15 is 0 Å². The predicted molar refractivity (Wildman–Crippen MR) is 170 cm³/mol. The van der Waals surface area contributed by atoms with Gasteiger partial charge in [0.2, 0.25) is 0 Å². The second-order valence-corrected chi connectivity index (χ2v) is 11.4. The van der Waals surface area contributed by atoms with Crippen LogP contribution in [0, 0.1) is 0 Å². The number of hydrogen-bond donors (Lipinski definition) is 0. The first-order valence-corrected chi connectivity index (χ1v) is 15.4. The quantitative estimate of drug-likeness (QED) is 0.235. The van der Waals surface area contributed by atoms with Gasteiger partial charge in [-0.1, -0.05) is 91.9 Å². The largest absolute Gasteiger partial charge is 0.482 e. The van der Waals surface area contributed by atoms with Crippen molar-refractivity contribution in [2.24, 2.45) is 4.99 Å². The Morgan fingerprint density at radius 1 is 0.932 bits per heavy atom. The minimum atomic E-state index is -0.734. The van der Waals surface area contributed by atoms with Gasteiger partial charge in [-0.05, 0) is 54.7 Å². The number of thiazole rings is 1. The molecular formula is C35H34N2O6S. The van der Waals surface area contributed by atoms with Crippen LogP contribution in [0.3, 0.4) is 0 Å². The number of rotatable bonds is 10. The van der Waals surface area contributed by atoms with Crippen molar-refractivity contribution in [2.45, 2.75) is 39.7 Å². The van der Waals surface area contributed by atoms with Gasteiger partial charge in [0.15, 0.2) is 11.4 Å². The van der Waals surface area contributed by atoms with E-state index in [0.29, 0.717) is 32.3 Å². The van der Waals surface area contributed by atoms with E-state index in [4.69, 9.17) is 19.2 Å². The Balaban J connectivity index is 1.64. The minimum Gasteiger partial charge on any atom is -0.482 e. The zero-order chi connectivity index (χ0) is 31.2. The molecule has 44 heavy (non-hydrogen) atoms. The Bertz CT molecular complexity index is 1850. The van der Waals surface area contributed by atoms with Gasteiger partial charge in [-0.2, -0.15) is 0 Å². The van der Waals surface area contributed by atoms with Gasteiger partial charge < -0.3 is 14.2 Å². The summed E-state index contributed by atoms with van der Waals surface area (Å²) in [6, 6.07) is 23.8. The van der Waals surface area contributed by atoms with E-state index in [9.17, 15) is 14.4 Å². The molecule has 1 aliphatic rings. The molecule has 9 heteroatoms. The van der Waals surface area contributed by atoms with Crippen molar-refractivity contribution in [1.82, 2.24) is 4.57 Å². The highest BCUT2D eigenvalue weighted by atomic mass is 32.1. The number of hydrogen-bond acceptors (Lipinski definition) is 8. The standard InChI is InChI=1S/C35H34N2O6S/c1-5-41-29(38)21-43-27-18-12-23(13-19-27)20-28-33(39)37-32(26-16-14-24(15-17-26)22(3)4)30(34(40)42-6-2)31(36-35(37)44-28)25-10-8-7-9-11-25/h7-20,22,32H,5-6,21H2,1-4H3/b28-20-/t32-/m0/s1. The second-order valence-electron chi connectivity index (χ2n) is 10.4. The molecule has 0 amide bonds. The van der Waals surface area contributed by atoms with Crippen molar-refractivity contribution in [3.05, 3.63) is 126 Å². The summed E-state index contributed by atoms with van der Waals surface area (Å²) in [4.78, 5) is 44.7. The average Bonchev–Trinajstić information content (AvgIpc) is 3.34. The molecule has 0 saturated carbocycles. The molecule has 3 aromatic carbocycles. The fraction of sp³-hybridized carbons (Fsp3) is 0.257. The van der Waals surface area contributed by atoms with Gasteiger partial charge in [0, 0.05) is 5.56 Å². The van der Waals surface area contributed by atoms with Crippen LogP contribution < -0.4 is 19.6 Å². The van der Waals surface area contributed by atoms with Gasteiger partial charge in [0.1, 0.15) is 5.75 Å². The van der Waals surface area contributed by atoms with E-state index in [2.05, 4.69) is 13.8 Å². The molecular weight excluding hydrogens is 576 g/mol. The number of fused-ring (bicyclic) bond motifs is 1. The van der Waals surface area contributed by atoms with Crippen LogP contribution in [0.2, 0.25) is 0 Å². The third-order valence-corrected chi connectivity index (χ3v) is 8.12. The molecule has 0 fully saturated rings. The molecule has 0 N–H and O–H groups in total. The Kier molecular flexibility index (Phi) is 9.55. The highest BCUT2D eigenvalue weighted by Crippen LogP contribution is 2.35. The van der Waals surface area contributed by atoms with E-state index < -0.39 is 18.0 Å². The van der Waals surface area contributed by atoms with Crippen LogP contribution in [0.25, 0.3) is 11.8 Å². The van der Waals surface area contributed by atoms with Crippen molar-refractivity contribution in [2.75, 3.05) is 19.8 Å². The first-order valence-electron chi connectivity index (χ1n) is 14.6. The maximum Gasteiger partial charge on any atom is 0.344 e. The van der Waals surface area contributed by atoms with E-state index in [0.717, 1.165) is 22.3 Å². The monoisotopic (exact) mass is 610 g/mol. The fourth-order valence-electron chi connectivity index (χ4n) is 4.98. The van der Waals surface area contributed by atoms with Crippen molar-refractivity contribution in [1.29, 1.82) is 0 Å². The minimum absolute atomic E-state index is 0.184. The molecule has 226 valence electrons. The molecule has 8 nitrogen and oxygen atoms in total. The smallest absolute Gasteiger partial charge is 0.344 e. The Labute approximate surface area is 259 Å². The van der Waals surface area contributed by atoms with Crippen LogP contribution in [0.5, 0.6) is 5.75 Å². The first kappa shape index (κ1) is 30.7. The highest BCUT2D eigenvalue weighted by Gasteiger charge is 2.35. The van der Waals surface area contributed by atoms with Crippen LogP contribution in [-0.2, 0) is 19.1 Å². The predicted octanol–water partition coefficient (Wildman–Crippen LogP) is 5.00. The van der Waals surface area contributed by atoms with Gasteiger partial charge in [-0.15, -0.1) is 0 Å². The number of esters is 2. The van der Waals surface area contributed by atoms with E-state index in [1.54, 1.807) is 48.8 Å². The number of benzene rings is 3. The van der Waals surface area contributed by atoms with Crippen LogP contribution in [0.1, 0.15) is 61.9 Å². The number of carbonyl (C=O) groups excluding carboxylic acids is 2. The lowest BCUT2D eigenvalue weighted by Crippen LogP contribution is -2.40. The number of carbonyl (C=O) groups is 2. The van der Waals surface area contributed by atoms with Crippen molar-refractivity contribution in [3.63, 3.8) is 0 Å². The van der Waals surface area contributed by atoms with Crippen LogP contribution in [0.15, 0.2) is 94.2 Å². The summed E-state index contributed by atoms with van der Waals surface area (Å²) in [5.74, 6) is -0.120. The lowest BCUT2D eigenvalue weighted by Gasteiger charge is -2.26. The van der Waals surface area contributed by atoms with Crippen molar-refractivity contribution in [3.8, 4) is 5.75 Å². The topological polar surface area (TPSA) is 96.2 Å². The lowest BCUT2D eigenvalue weighted by atomic mass is 9.91. The molecule has 5 rings (SSSR count). The van der Waals surface area contributed by atoms with Crippen molar-refractivity contribution < 1.29 is 23.8 Å². The number of aromatic nitrogens is 1. The normalized spacial score (nSPS) is 14.7. The number of ether oxygens (including phenoxy) is 3. The maximum absolute atomic E-state index is 14.1. The van der Waals surface area contributed by atoms with Gasteiger partial charge in [-0.3, -0.25) is 9.36 Å². The van der Waals surface area contributed by atoms with E-state index in [-0.39, 0.29) is 25.4 Å². The summed E-state index contributed by atoms with van der Waals surface area (Å²) in [5, 5.41) is 0. The van der Waals surface area contributed by atoms with Gasteiger partial charge in [0.05, 0.1) is 35.1 Å². The first-order chi connectivity index (χ1) is 21.3. The molecule has 4 aromatic rings. The molecule has 1 aromatic heterocycles. The molecule has 0 spiro atoms. The summed E-state index contributed by atoms with van der Waals surface area (Å²) >= 11 is 1.26. The average molecular weight is 611 g/mol. The zero-order valence-corrected chi connectivity index (χ0v) is 25.9. The fourth-order valence-corrected chi connectivity index (χ4v) is 5.98. The summed E-state index contributed by atoms with van der Waals surface area (Å²) in [7, 11) is 0. The van der Waals surface area contributed by atoms with Gasteiger partial charge in [0.25, 0.3) is 5.56 Å². The molecule has 0 bridgehead atoms. The summed E-state index contributed by atoms with van der Waals surface area (Å²) < 4.78 is 18.0. The summed E-state index contributed by atoms with van der Waals surface area (Å²) in [6.45, 7) is 8.03. The summed E-state index contributed by atoms with van der Waals surface area (Å²) in [6.07, 6.45) is 1.79. The second kappa shape index (κ2) is 13.7. The molecule has 0 aliphatic carbocycles. The SMILES string of the molecule is CCOC(=O)COc1ccc(/C=c2\sc3n(c2=O)[C@@H](c2ccc(C(C)C)cc2)C(C(=O)OCC)=C(c2ccccc2)N=3)cc1. The molecule has 0 unspecified atom stereocenters. The third-order valence-electron chi connectivity index (χ3n) is 7.13. The maximum atomic E-state index is 14.1. The van der Waals surface area contributed by atoms with Crippen LogP contribution >= 0.6 is 11.3 Å². The highest BCUT2D eigenvalue weighted by molar-refractivity contribution is 7.07. The number of nitrogens with zero attached hydrogens (tertiary/aromatic N) is 2. The molecule has 0 saturated heterocycles. The summed E-state index contributed by atoms with van der Waals surface area (Å²) in [5.41, 5.74) is 4.01. The molecule has 1 atom stereocenters. The van der Waals surface area contributed by atoms with Crippen LogP contribution in [-0.4, -0.2) is 36.3 Å². The lowest BCUT2D eigenvalue weighted by molar-refractivity contribution is -0.145. The molecule has 0 radical (unpaired) electrons. The Morgan fingerprint density at radius 3 is 2.25 bits per heavy atom. The molecule has 2 heterocycles.